The average Bonchev–Trinajstić information content (AvgIpc) is 3.08. The molecule has 0 aliphatic rings. The van der Waals surface area contributed by atoms with Gasteiger partial charge in [-0.15, -0.1) is 0 Å². The zero-order valence-electron chi connectivity index (χ0n) is 25.4. The summed E-state index contributed by atoms with van der Waals surface area (Å²) in [6.07, 6.45) is -1.24. The van der Waals surface area contributed by atoms with Crippen LogP contribution < -0.4 is 9.84 Å². The predicted molar refractivity (Wildman–Crippen MR) is 171 cm³/mol. The van der Waals surface area contributed by atoms with Crippen LogP contribution in [0.1, 0.15) is 28.7 Å². The van der Waals surface area contributed by atoms with Crippen LogP contribution in [0.2, 0.25) is 0 Å². The number of ether oxygens (including phenoxy) is 3. The van der Waals surface area contributed by atoms with E-state index in [0.717, 1.165) is 16.7 Å². The normalized spacial score (nSPS) is 12.6. The van der Waals surface area contributed by atoms with Gasteiger partial charge in [0.2, 0.25) is 0 Å². The number of carbonyl (C=O) groups excluding carboxylic acids is 3. The van der Waals surface area contributed by atoms with E-state index in [1.807, 2.05) is 66.7 Å². The van der Waals surface area contributed by atoms with E-state index in [4.69, 9.17) is 23.3 Å². The first-order valence-electron chi connectivity index (χ1n) is 14.6. The number of rotatable bonds is 16. The van der Waals surface area contributed by atoms with Crippen LogP contribution >= 0.6 is 7.60 Å². The van der Waals surface area contributed by atoms with Crippen LogP contribution in [-0.2, 0) is 59.1 Å². The van der Waals surface area contributed by atoms with Crippen molar-refractivity contribution in [2.45, 2.75) is 38.7 Å². The number of benzene rings is 4. The fourth-order valence-corrected chi connectivity index (χ4v) is 5.63. The maximum atomic E-state index is 13.6. The fourth-order valence-electron chi connectivity index (χ4n) is 4.28. The smallest absolute Gasteiger partial charge is 0.408 e. The number of amides is 1. The summed E-state index contributed by atoms with van der Waals surface area (Å²) < 4.78 is 40.7. The summed E-state index contributed by atoms with van der Waals surface area (Å²) in [7, 11) is -2.59. The van der Waals surface area contributed by atoms with E-state index < -0.39 is 31.7 Å². The molecule has 0 spiro atoms. The van der Waals surface area contributed by atoms with Gasteiger partial charge in [-0.1, -0.05) is 103 Å². The molecule has 4 rings (SSSR count). The first-order valence-corrected chi connectivity index (χ1v) is 16.4. The van der Waals surface area contributed by atoms with E-state index >= 15 is 0 Å². The summed E-state index contributed by atoms with van der Waals surface area (Å²) >= 11 is 0. The van der Waals surface area contributed by atoms with Crippen molar-refractivity contribution in [1.29, 1.82) is 0 Å². The molecule has 0 aromatic heterocycles. The lowest BCUT2D eigenvalue weighted by molar-refractivity contribution is -0.147. The highest BCUT2D eigenvalue weighted by Crippen LogP contribution is 2.48. The van der Waals surface area contributed by atoms with Crippen LogP contribution in [0.25, 0.3) is 0 Å². The molecule has 0 aliphatic carbocycles. The van der Waals surface area contributed by atoms with Crippen LogP contribution in [0.3, 0.4) is 0 Å². The Hall–Kier alpha value is -4.92. The van der Waals surface area contributed by atoms with Crippen LogP contribution in [0, 0.1) is 0 Å². The van der Waals surface area contributed by atoms with E-state index in [9.17, 15) is 18.9 Å². The van der Waals surface area contributed by atoms with Gasteiger partial charge in [-0.05, 0) is 40.8 Å². The Morgan fingerprint density at radius 1 is 0.674 bits per heavy atom. The predicted octanol–water partition coefficient (Wildman–Crippen LogP) is 6.62. The molecule has 0 saturated carbocycles. The first kappa shape index (κ1) is 34.0. The molecule has 0 fully saturated rings. The van der Waals surface area contributed by atoms with Gasteiger partial charge in [-0.3, -0.25) is 4.79 Å². The molecule has 10 nitrogen and oxygen atoms in total. The monoisotopic (exact) mass is 645 g/mol. The molecule has 11 heteroatoms. The molecule has 1 amide bonds. The number of nitrogens with one attached hydrogen (secondary N) is 1. The van der Waals surface area contributed by atoms with Gasteiger partial charge in [-0.2, -0.15) is 0 Å². The number of hydrogen-bond donors (Lipinski definition) is 1. The van der Waals surface area contributed by atoms with E-state index in [0.29, 0.717) is 5.56 Å². The van der Waals surface area contributed by atoms with E-state index in [-0.39, 0.29) is 44.6 Å². The van der Waals surface area contributed by atoms with Gasteiger partial charge in [0.15, 0.2) is 0 Å². The second-order valence-electron chi connectivity index (χ2n) is 10.2. The average molecular weight is 646 g/mol. The molecular weight excluding hydrogens is 609 g/mol. The molecule has 2 atom stereocenters. The van der Waals surface area contributed by atoms with Crippen molar-refractivity contribution >= 4 is 25.6 Å². The Kier molecular flexibility index (Phi) is 12.9. The first-order chi connectivity index (χ1) is 22.3. The van der Waals surface area contributed by atoms with Crippen LogP contribution in [-0.4, -0.2) is 37.3 Å². The fraction of sp³-hybridized carbons (Fsp3) is 0.229. The summed E-state index contributed by atoms with van der Waals surface area (Å²) in [5.41, 5.74) is 2.99. The van der Waals surface area contributed by atoms with Crippen molar-refractivity contribution in [2.75, 3.05) is 13.3 Å². The van der Waals surface area contributed by atoms with Crippen molar-refractivity contribution in [3.8, 4) is 5.75 Å². The van der Waals surface area contributed by atoms with Crippen molar-refractivity contribution < 1.29 is 42.2 Å². The lowest BCUT2D eigenvalue weighted by atomic mass is 10.1. The van der Waals surface area contributed by atoms with Gasteiger partial charge in [0, 0.05) is 7.11 Å². The lowest BCUT2D eigenvalue weighted by Gasteiger charge is -2.21. The minimum Gasteiger partial charge on any atom is -0.461 e. The maximum absolute atomic E-state index is 13.6. The number of carbonyl (C=O) groups is 3. The van der Waals surface area contributed by atoms with Crippen LogP contribution in [0.5, 0.6) is 5.75 Å². The summed E-state index contributed by atoms with van der Waals surface area (Å²) in [6.45, 7) is 0.127. The Morgan fingerprint density at radius 2 is 1.20 bits per heavy atom. The highest BCUT2D eigenvalue weighted by atomic mass is 31.2. The van der Waals surface area contributed by atoms with Crippen LogP contribution in [0.4, 0.5) is 4.79 Å². The molecule has 0 bridgehead atoms. The van der Waals surface area contributed by atoms with E-state index in [1.165, 1.54) is 7.11 Å². The lowest BCUT2D eigenvalue weighted by Crippen LogP contribution is -2.42. The molecule has 46 heavy (non-hydrogen) atoms. The van der Waals surface area contributed by atoms with E-state index in [1.54, 1.807) is 48.5 Å². The largest absolute Gasteiger partial charge is 0.461 e. The zero-order valence-corrected chi connectivity index (χ0v) is 26.3. The standard InChI is InChI=1S/C35H36NO9P/c1-41-46(40,45-31-19-11-18-30(22-31)23-33(37)42-24-27-12-5-2-6-13-27)21-20-32(34(38)43-25-28-14-7-3-8-15-28)36-35(39)44-26-29-16-9-4-10-17-29/h2-19,22,32H,20-21,23-26H2,1H3,(H,36,39)/t32-,46?/m0/s1. The van der Waals surface area contributed by atoms with Gasteiger partial charge in [-0.25, -0.2) is 14.2 Å². The summed E-state index contributed by atoms with van der Waals surface area (Å²) in [6, 6.07) is 32.8. The third-order valence-corrected chi connectivity index (χ3v) is 8.57. The van der Waals surface area contributed by atoms with Crippen molar-refractivity contribution in [3.63, 3.8) is 0 Å². The van der Waals surface area contributed by atoms with Crippen molar-refractivity contribution in [3.05, 3.63) is 138 Å². The Bertz CT molecular complexity index is 1600. The Balaban J connectivity index is 1.36. The number of esters is 2. The molecule has 4 aromatic carbocycles. The second-order valence-corrected chi connectivity index (χ2v) is 12.4. The van der Waals surface area contributed by atoms with Crippen LogP contribution in [0.15, 0.2) is 115 Å². The second kappa shape index (κ2) is 17.5. The SMILES string of the molecule is COP(=O)(CC[C@H](NC(=O)OCc1ccccc1)C(=O)OCc1ccccc1)Oc1cccc(CC(=O)OCc2ccccc2)c1. The van der Waals surface area contributed by atoms with Gasteiger partial charge in [0.25, 0.3) is 0 Å². The molecule has 1 N–H and O–H groups in total. The van der Waals surface area contributed by atoms with E-state index in [2.05, 4.69) is 5.32 Å². The highest BCUT2D eigenvalue weighted by Gasteiger charge is 2.31. The molecule has 1 unspecified atom stereocenters. The van der Waals surface area contributed by atoms with Crippen molar-refractivity contribution in [1.82, 2.24) is 5.32 Å². The van der Waals surface area contributed by atoms with Gasteiger partial charge in [0.1, 0.15) is 31.6 Å². The molecule has 0 radical (unpaired) electrons. The molecule has 0 aliphatic heterocycles. The highest BCUT2D eigenvalue weighted by molar-refractivity contribution is 7.54. The topological polar surface area (TPSA) is 126 Å². The van der Waals surface area contributed by atoms with Gasteiger partial charge in [0.05, 0.1) is 12.6 Å². The molecular formula is C35H36NO9P. The Morgan fingerprint density at radius 3 is 1.76 bits per heavy atom. The molecule has 0 heterocycles. The summed E-state index contributed by atoms with van der Waals surface area (Å²) in [5, 5.41) is 2.52. The molecule has 240 valence electrons. The third-order valence-electron chi connectivity index (χ3n) is 6.72. The summed E-state index contributed by atoms with van der Waals surface area (Å²) in [4.78, 5) is 38.1. The molecule has 0 saturated heterocycles. The minimum atomic E-state index is -3.82. The number of alkyl carbamates (subject to hydrolysis) is 1. The summed E-state index contributed by atoms with van der Waals surface area (Å²) in [5.74, 6) is -0.964. The number of hydrogen-bond acceptors (Lipinski definition) is 9. The Labute approximate surface area is 268 Å². The maximum Gasteiger partial charge on any atom is 0.408 e. The zero-order chi connectivity index (χ0) is 32.6. The van der Waals surface area contributed by atoms with Gasteiger partial charge < -0.3 is 28.6 Å². The third kappa shape index (κ3) is 11.5. The minimum absolute atomic E-state index is 0.00568. The quantitative estimate of drug-likeness (QED) is 0.0813. The molecule has 4 aromatic rings. The van der Waals surface area contributed by atoms with Crippen molar-refractivity contribution in [2.24, 2.45) is 0 Å². The van der Waals surface area contributed by atoms with Gasteiger partial charge >= 0.3 is 25.6 Å².